The lowest BCUT2D eigenvalue weighted by Crippen LogP contribution is -2.13. The van der Waals surface area contributed by atoms with Gasteiger partial charge in [0.1, 0.15) is 0 Å². The maximum atomic E-state index is 5.69. The Kier molecular flexibility index (Phi) is 3.20. The van der Waals surface area contributed by atoms with Gasteiger partial charge in [-0.3, -0.25) is 0 Å². The van der Waals surface area contributed by atoms with Gasteiger partial charge in [-0.25, -0.2) is 0 Å². The van der Waals surface area contributed by atoms with Crippen LogP contribution >= 0.6 is 0 Å². The molecule has 1 aromatic carbocycles. The molecule has 1 heterocycles. The monoisotopic (exact) mass is 190 g/mol. The molecule has 1 aliphatic rings. The molecule has 1 aromatic rings. The molecule has 1 aliphatic heterocycles. The van der Waals surface area contributed by atoms with Crippen molar-refractivity contribution >= 4 is 0 Å². The molecule has 1 fully saturated rings. The molecule has 0 radical (unpaired) electrons. The van der Waals surface area contributed by atoms with Crippen molar-refractivity contribution < 1.29 is 4.74 Å². The molecule has 0 aliphatic carbocycles. The number of benzene rings is 1. The van der Waals surface area contributed by atoms with Crippen LogP contribution in [-0.4, -0.2) is 12.7 Å². The first-order chi connectivity index (χ1) is 6.86. The lowest BCUT2D eigenvalue weighted by Gasteiger charge is -2.13. The Balaban J connectivity index is 1.82. The zero-order chi connectivity index (χ0) is 9.80. The molecule has 0 unspecified atom stereocenters. The molecule has 2 atom stereocenters. The van der Waals surface area contributed by atoms with Crippen LogP contribution in [0.25, 0.3) is 0 Å². The van der Waals surface area contributed by atoms with Crippen LogP contribution in [0.1, 0.15) is 25.3 Å². The summed E-state index contributed by atoms with van der Waals surface area (Å²) >= 11 is 0. The van der Waals surface area contributed by atoms with E-state index in [0.717, 1.165) is 18.9 Å². The van der Waals surface area contributed by atoms with Crippen LogP contribution in [0, 0.1) is 5.92 Å². The fourth-order valence-electron chi connectivity index (χ4n) is 2.08. The number of aryl methyl sites for hydroxylation is 1. The van der Waals surface area contributed by atoms with Gasteiger partial charge in [0.15, 0.2) is 0 Å². The van der Waals surface area contributed by atoms with E-state index in [-0.39, 0.29) is 0 Å². The smallest absolute Gasteiger partial charge is 0.0604 e. The Morgan fingerprint density at radius 2 is 2.07 bits per heavy atom. The second-order valence-corrected chi connectivity index (χ2v) is 4.20. The summed E-state index contributed by atoms with van der Waals surface area (Å²) in [6, 6.07) is 10.7. The fraction of sp³-hybridized carbons (Fsp3) is 0.538. The predicted molar refractivity (Wildman–Crippen MR) is 58.3 cm³/mol. The van der Waals surface area contributed by atoms with E-state index >= 15 is 0 Å². The van der Waals surface area contributed by atoms with E-state index < -0.39 is 0 Å². The third kappa shape index (κ3) is 2.36. The quantitative estimate of drug-likeness (QED) is 0.712. The van der Waals surface area contributed by atoms with E-state index in [1.165, 1.54) is 18.4 Å². The maximum Gasteiger partial charge on any atom is 0.0604 e. The largest absolute Gasteiger partial charge is 0.378 e. The van der Waals surface area contributed by atoms with Gasteiger partial charge in [0.2, 0.25) is 0 Å². The van der Waals surface area contributed by atoms with Crippen LogP contribution in [0.3, 0.4) is 0 Å². The highest BCUT2D eigenvalue weighted by Gasteiger charge is 2.23. The minimum absolute atomic E-state index is 0.496. The highest BCUT2D eigenvalue weighted by Crippen LogP contribution is 2.23. The molecule has 1 saturated heterocycles. The van der Waals surface area contributed by atoms with Crippen molar-refractivity contribution in [1.29, 1.82) is 0 Å². The van der Waals surface area contributed by atoms with Gasteiger partial charge in [-0.05, 0) is 30.7 Å². The number of hydrogen-bond donors (Lipinski definition) is 0. The SMILES string of the molecule is C[C@@H]1CCO[C@@H]1CCc1ccccc1. The molecule has 0 saturated carbocycles. The number of ether oxygens (including phenoxy) is 1. The second-order valence-electron chi connectivity index (χ2n) is 4.20. The topological polar surface area (TPSA) is 9.23 Å². The first-order valence-electron chi connectivity index (χ1n) is 5.52. The number of hydrogen-bond acceptors (Lipinski definition) is 1. The van der Waals surface area contributed by atoms with Crippen molar-refractivity contribution in [1.82, 2.24) is 0 Å². The zero-order valence-electron chi connectivity index (χ0n) is 8.78. The summed E-state index contributed by atoms with van der Waals surface area (Å²) in [6.45, 7) is 3.25. The van der Waals surface area contributed by atoms with E-state index in [9.17, 15) is 0 Å². The Hall–Kier alpha value is -0.820. The van der Waals surface area contributed by atoms with Gasteiger partial charge in [-0.1, -0.05) is 37.3 Å². The number of rotatable bonds is 3. The first kappa shape index (κ1) is 9.72. The Morgan fingerprint density at radius 1 is 1.29 bits per heavy atom. The van der Waals surface area contributed by atoms with E-state index in [1.54, 1.807) is 0 Å². The van der Waals surface area contributed by atoms with Gasteiger partial charge < -0.3 is 4.74 Å². The molecule has 0 aromatic heterocycles. The molecule has 1 nitrogen and oxygen atoms in total. The Labute approximate surface area is 86.1 Å². The second kappa shape index (κ2) is 4.61. The summed E-state index contributed by atoms with van der Waals surface area (Å²) in [5, 5.41) is 0. The Morgan fingerprint density at radius 3 is 2.71 bits per heavy atom. The van der Waals surface area contributed by atoms with E-state index in [0.29, 0.717) is 6.10 Å². The van der Waals surface area contributed by atoms with E-state index in [4.69, 9.17) is 4.74 Å². The van der Waals surface area contributed by atoms with Gasteiger partial charge in [-0.2, -0.15) is 0 Å². The van der Waals surface area contributed by atoms with Crippen LogP contribution in [0.5, 0.6) is 0 Å². The highest BCUT2D eigenvalue weighted by molar-refractivity contribution is 5.14. The molecule has 0 spiro atoms. The van der Waals surface area contributed by atoms with E-state index in [1.807, 2.05) is 0 Å². The van der Waals surface area contributed by atoms with Gasteiger partial charge >= 0.3 is 0 Å². The van der Waals surface area contributed by atoms with Crippen LogP contribution in [-0.2, 0) is 11.2 Å². The van der Waals surface area contributed by atoms with Crippen LogP contribution in [0.2, 0.25) is 0 Å². The van der Waals surface area contributed by atoms with Crippen molar-refractivity contribution in [3.8, 4) is 0 Å². The van der Waals surface area contributed by atoms with Crippen molar-refractivity contribution in [2.24, 2.45) is 5.92 Å². The van der Waals surface area contributed by atoms with Crippen molar-refractivity contribution in [3.05, 3.63) is 35.9 Å². The van der Waals surface area contributed by atoms with Crippen LogP contribution in [0.15, 0.2) is 30.3 Å². The third-order valence-electron chi connectivity index (χ3n) is 3.10. The van der Waals surface area contributed by atoms with Crippen LogP contribution < -0.4 is 0 Å². The lowest BCUT2D eigenvalue weighted by molar-refractivity contribution is 0.0873. The van der Waals surface area contributed by atoms with Crippen molar-refractivity contribution in [3.63, 3.8) is 0 Å². The molecule has 76 valence electrons. The molecule has 1 heteroatoms. The normalized spacial score (nSPS) is 26.6. The summed E-state index contributed by atoms with van der Waals surface area (Å²) in [5.41, 5.74) is 1.43. The Bertz CT molecular complexity index is 268. The maximum absolute atomic E-state index is 5.69. The average molecular weight is 190 g/mol. The molecule has 0 amide bonds. The standard InChI is InChI=1S/C13H18O/c1-11-9-10-14-13(11)8-7-12-5-3-2-4-6-12/h2-6,11,13H,7-10H2,1H3/t11-,13-/m1/s1. The third-order valence-corrected chi connectivity index (χ3v) is 3.10. The van der Waals surface area contributed by atoms with Gasteiger partial charge in [0.05, 0.1) is 6.10 Å². The fourth-order valence-corrected chi connectivity index (χ4v) is 2.08. The highest BCUT2D eigenvalue weighted by atomic mass is 16.5. The summed E-state index contributed by atoms with van der Waals surface area (Å²) in [4.78, 5) is 0. The summed E-state index contributed by atoms with van der Waals surface area (Å²) in [6.07, 6.45) is 4.05. The van der Waals surface area contributed by atoms with E-state index in [2.05, 4.69) is 37.3 Å². The van der Waals surface area contributed by atoms with Crippen molar-refractivity contribution in [2.45, 2.75) is 32.3 Å². The summed E-state index contributed by atoms with van der Waals surface area (Å²) < 4.78 is 5.69. The average Bonchev–Trinajstić information content (AvgIpc) is 2.63. The molecular formula is C13H18O. The minimum atomic E-state index is 0.496. The lowest BCUT2D eigenvalue weighted by atomic mass is 9.98. The summed E-state index contributed by atoms with van der Waals surface area (Å²) in [7, 11) is 0. The van der Waals surface area contributed by atoms with Crippen LogP contribution in [0.4, 0.5) is 0 Å². The molecule has 14 heavy (non-hydrogen) atoms. The molecule has 2 rings (SSSR count). The zero-order valence-corrected chi connectivity index (χ0v) is 8.78. The predicted octanol–water partition coefficient (Wildman–Crippen LogP) is 3.04. The molecule has 0 N–H and O–H groups in total. The van der Waals surface area contributed by atoms with Gasteiger partial charge in [0.25, 0.3) is 0 Å². The summed E-state index contributed by atoms with van der Waals surface area (Å²) in [5.74, 6) is 0.749. The molecular weight excluding hydrogens is 172 g/mol. The molecule has 0 bridgehead atoms. The minimum Gasteiger partial charge on any atom is -0.378 e. The van der Waals surface area contributed by atoms with Crippen molar-refractivity contribution in [2.75, 3.05) is 6.61 Å². The van der Waals surface area contributed by atoms with Gasteiger partial charge in [-0.15, -0.1) is 0 Å². The first-order valence-corrected chi connectivity index (χ1v) is 5.52. The van der Waals surface area contributed by atoms with Gasteiger partial charge in [0, 0.05) is 6.61 Å².